The Labute approximate surface area is 115 Å². The van der Waals surface area contributed by atoms with Gasteiger partial charge in [0.1, 0.15) is 11.4 Å². The Balaban J connectivity index is 2.06. The van der Waals surface area contributed by atoms with E-state index in [9.17, 15) is 9.59 Å². The van der Waals surface area contributed by atoms with Crippen LogP contribution in [0.4, 0.5) is 5.69 Å². The van der Waals surface area contributed by atoms with Gasteiger partial charge in [0, 0.05) is 16.8 Å². The van der Waals surface area contributed by atoms with Crippen molar-refractivity contribution in [3.8, 4) is 0 Å². The van der Waals surface area contributed by atoms with Gasteiger partial charge in [0.2, 0.25) is 11.6 Å². The fourth-order valence-electron chi connectivity index (χ4n) is 2.18. The van der Waals surface area contributed by atoms with Gasteiger partial charge in [-0.2, -0.15) is 0 Å². The maximum absolute atomic E-state index is 12.4. The van der Waals surface area contributed by atoms with Gasteiger partial charge < -0.3 is 11.1 Å². The third-order valence-electron chi connectivity index (χ3n) is 3.20. The number of nitrogens with two attached hydrogens (primary N) is 1. The lowest BCUT2D eigenvalue weighted by molar-refractivity contribution is 0.0974. The number of Topliss-reactive ketones (excluding diaryl/α,β-unsaturated/α-hetero) is 2. The predicted molar refractivity (Wildman–Crippen MR) is 76.4 cm³/mol. The molecule has 0 amide bonds. The molecule has 2 aromatic rings. The number of hydrogen-bond acceptors (Lipinski definition) is 4. The average molecular weight is 264 g/mol. The molecule has 0 radical (unpaired) electrons. The predicted octanol–water partition coefficient (Wildman–Crippen LogP) is 2.35. The van der Waals surface area contributed by atoms with Gasteiger partial charge in [0.15, 0.2) is 0 Å². The second kappa shape index (κ2) is 4.66. The van der Waals surface area contributed by atoms with E-state index in [-0.39, 0.29) is 23.0 Å². The van der Waals surface area contributed by atoms with E-state index in [1.54, 1.807) is 36.4 Å². The summed E-state index contributed by atoms with van der Waals surface area (Å²) in [7, 11) is 0. The first-order chi connectivity index (χ1) is 9.68. The van der Waals surface area contributed by atoms with E-state index in [4.69, 9.17) is 5.73 Å². The number of anilines is 1. The molecule has 3 N–H and O–H groups in total. The second-order valence-electron chi connectivity index (χ2n) is 4.48. The summed E-state index contributed by atoms with van der Waals surface area (Å²) in [5.74, 6) is -0.583. The summed E-state index contributed by atoms with van der Waals surface area (Å²) in [6, 6.07) is 15.8. The zero-order chi connectivity index (χ0) is 14.1. The molecular formula is C16H12N2O2. The normalized spacial score (nSPS) is 14.2. The van der Waals surface area contributed by atoms with Gasteiger partial charge in [-0.1, -0.05) is 42.5 Å². The first-order valence-electron chi connectivity index (χ1n) is 6.18. The lowest BCUT2D eigenvalue weighted by Gasteiger charge is -2.19. The highest BCUT2D eigenvalue weighted by Gasteiger charge is 2.30. The summed E-state index contributed by atoms with van der Waals surface area (Å²) >= 11 is 0. The highest BCUT2D eigenvalue weighted by molar-refractivity contribution is 6.27. The minimum Gasteiger partial charge on any atom is -0.394 e. The fraction of sp³-hybridized carbons (Fsp3) is 0. The van der Waals surface area contributed by atoms with Crippen molar-refractivity contribution in [2.24, 2.45) is 5.73 Å². The van der Waals surface area contributed by atoms with Crippen LogP contribution in [0.2, 0.25) is 0 Å². The van der Waals surface area contributed by atoms with E-state index in [1.165, 1.54) is 0 Å². The third kappa shape index (κ3) is 1.87. The molecule has 1 aliphatic carbocycles. The highest BCUT2D eigenvalue weighted by atomic mass is 16.1. The first-order valence-corrected chi connectivity index (χ1v) is 6.18. The van der Waals surface area contributed by atoms with E-state index in [0.29, 0.717) is 16.8 Å². The molecule has 0 bridgehead atoms. The van der Waals surface area contributed by atoms with Gasteiger partial charge in [-0.3, -0.25) is 9.59 Å². The molecule has 3 rings (SSSR count). The van der Waals surface area contributed by atoms with Crippen LogP contribution in [0, 0.1) is 0 Å². The number of para-hydroxylation sites is 1. The maximum atomic E-state index is 12.4. The monoisotopic (exact) mass is 264 g/mol. The molecule has 2 aromatic carbocycles. The summed E-state index contributed by atoms with van der Waals surface area (Å²) in [6.45, 7) is 0. The van der Waals surface area contributed by atoms with Crippen LogP contribution in [0.5, 0.6) is 0 Å². The zero-order valence-electron chi connectivity index (χ0n) is 10.6. The Morgan fingerprint density at radius 2 is 1.30 bits per heavy atom. The topological polar surface area (TPSA) is 72.2 Å². The molecule has 4 nitrogen and oxygen atoms in total. The largest absolute Gasteiger partial charge is 0.394 e. The molecule has 4 heteroatoms. The third-order valence-corrected chi connectivity index (χ3v) is 3.20. The Morgan fingerprint density at radius 1 is 0.750 bits per heavy atom. The molecule has 0 saturated carbocycles. The summed E-state index contributed by atoms with van der Waals surface area (Å²) in [5, 5.41) is 2.94. The smallest absolute Gasteiger partial charge is 0.212 e. The van der Waals surface area contributed by atoms with Gasteiger partial charge in [-0.15, -0.1) is 0 Å². The molecule has 20 heavy (non-hydrogen) atoms. The number of carbonyl (C=O) groups is 2. The van der Waals surface area contributed by atoms with Crippen LogP contribution in [-0.2, 0) is 0 Å². The van der Waals surface area contributed by atoms with Gasteiger partial charge >= 0.3 is 0 Å². The Bertz CT molecular complexity index is 733. The number of allylic oxidation sites excluding steroid dienone is 2. The van der Waals surface area contributed by atoms with Crippen LogP contribution in [0.3, 0.4) is 0 Å². The molecule has 1 aliphatic rings. The van der Waals surface area contributed by atoms with E-state index >= 15 is 0 Å². The molecule has 0 atom stereocenters. The SMILES string of the molecule is NC1=C(Nc2ccccc2)C(=O)c2ccccc2C1=O. The van der Waals surface area contributed by atoms with E-state index in [1.807, 2.05) is 18.2 Å². The van der Waals surface area contributed by atoms with Crippen LogP contribution in [-0.4, -0.2) is 11.6 Å². The van der Waals surface area contributed by atoms with Gasteiger partial charge in [-0.25, -0.2) is 0 Å². The Morgan fingerprint density at radius 3 is 1.95 bits per heavy atom. The lowest BCUT2D eigenvalue weighted by atomic mass is 9.90. The molecule has 98 valence electrons. The number of nitrogens with one attached hydrogen (secondary N) is 1. The number of rotatable bonds is 2. The van der Waals surface area contributed by atoms with Crippen LogP contribution in [0.25, 0.3) is 0 Å². The highest BCUT2D eigenvalue weighted by Crippen LogP contribution is 2.25. The van der Waals surface area contributed by atoms with Crippen LogP contribution >= 0.6 is 0 Å². The van der Waals surface area contributed by atoms with Crippen molar-refractivity contribution in [3.05, 3.63) is 77.1 Å². The first kappa shape index (κ1) is 12.2. The molecule has 0 heterocycles. The number of carbonyl (C=O) groups excluding carboxylic acids is 2. The van der Waals surface area contributed by atoms with Gasteiger partial charge in [-0.05, 0) is 12.1 Å². The van der Waals surface area contributed by atoms with Crippen LogP contribution < -0.4 is 11.1 Å². The lowest BCUT2D eigenvalue weighted by Crippen LogP contribution is -2.29. The van der Waals surface area contributed by atoms with Crippen molar-refractivity contribution in [1.82, 2.24) is 0 Å². The second-order valence-corrected chi connectivity index (χ2v) is 4.48. The molecule has 0 aliphatic heterocycles. The Kier molecular flexibility index (Phi) is 2.84. The van der Waals surface area contributed by atoms with Gasteiger partial charge in [0.25, 0.3) is 0 Å². The quantitative estimate of drug-likeness (QED) is 0.873. The maximum Gasteiger partial charge on any atom is 0.212 e. The standard InChI is InChI=1S/C16H12N2O2/c17-13-14(18-10-6-2-1-3-7-10)16(20)12-9-5-4-8-11(12)15(13)19/h1-9,18H,17H2. The molecule has 0 unspecified atom stereocenters. The molecule has 0 aromatic heterocycles. The van der Waals surface area contributed by atoms with Crippen molar-refractivity contribution in [1.29, 1.82) is 0 Å². The van der Waals surface area contributed by atoms with E-state index in [0.717, 1.165) is 0 Å². The molecule has 0 spiro atoms. The van der Waals surface area contributed by atoms with Crippen molar-refractivity contribution in [2.45, 2.75) is 0 Å². The van der Waals surface area contributed by atoms with E-state index in [2.05, 4.69) is 5.32 Å². The van der Waals surface area contributed by atoms with Crippen molar-refractivity contribution in [3.63, 3.8) is 0 Å². The minimum atomic E-state index is -0.321. The minimum absolute atomic E-state index is 0.0439. The number of fused-ring (bicyclic) bond motifs is 1. The van der Waals surface area contributed by atoms with Crippen LogP contribution in [0.1, 0.15) is 20.7 Å². The van der Waals surface area contributed by atoms with E-state index < -0.39 is 0 Å². The fourth-order valence-corrected chi connectivity index (χ4v) is 2.18. The van der Waals surface area contributed by atoms with Crippen LogP contribution in [0.15, 0.2) is 66.0 Å². The number of hydrogen-bond donors (Lipinski definition) is 2. The molecular weight excluding hydrogens is 252 g/mol. The number of ketones is 2. The zero-order valence-corrected chi connectivity index (χ0v) is 10.6. The summed E-state index contributed by atoms with van der Waals surface area (Å²) in [4.78, 5) is 24.6. The van der Waals surface area contributed by atoms with Crippen molar-refractivity contribution < 1.29 is 9.59 Å². The molecule has 0 saturated heterocycles. The van der Waals surface area contributed by atoms with Crippen molar-refractivity contribution in [2.75, 3.05) is 5.32 Å². The average Bonchev–Trinajstić information content (AvgIpc) is 2.50. The molecule has 0 fully saturated rings. The summed E-state index contributed by atoms with van der Waals surface area (Å²) in [6.07, 6.45) is 0. The van der Waals surface area contributed by atoms with Gasteiger partial charge in [0.05, 0.1) is 0 Å². The Hall–Kier alpha value is -2.88. The number of benzene rings is 2. The summed E-state index contributed by atoms with van der Waals surface area (Å²) in [5.41, 5.74) is 7.37. The summed E-state index contributed by atoms with van der Waals surface area (Å²) < 4.78 is 0. The van der Waals surface area contributed by atoms with Crippen molar-refractivity contribution >= 4 is 17.3 Å².